The van der Waals surface area contributed by atoms with Crippen LogP contribution < -0.4 is 40.4 Å². The van der Waals surface area contributed by atoms with Gasteiger partial charge in [-0.2, -0.15) is 10.2 Å². The fourth-order valence-electron chi connectivity index (χ4n) is 6.41. The molecule has 0 radical (unpaired) electrons. The molecule has 1 amide bonds. The second kappa shape index (κ2) is 14.1. The Morgan fingerprint density at radius 2 is 1.81 bits per heavy atom. The molecule has 3 aliphatic rings. The summed E-state index contributed by atoms with van der Waals surface area (Å²) in [5.41, 5.74) is 2.50. The van der Waals surface area contributed by atoms with Gasteiger partial charge in [0.05, 0.1) is 41.2 Å². The molecule has 1 aromatic heterocycles. The van der Waals surface area contributed by atoms with Crippen molar-refractivity contribution in [2.45, 2.75) is 25.3 Å². The number of amides is 1. The van der Waals surface area contributed by atoms with Gasteiger partial charge in [-0.3, -0.25) is 9.69 Å². The van der Waals surface area contributed by atoms with Crippen LogP contribution in [0.3, 0.4) is 0 Å². The van der Waals surface area contributed by atoms with Gasteiger partial charge in [0.1, 0.15) is 32.4 Å². The third-order valence-corrected chi connectivity index (χ3v) is 10.3. The number of carbonyl (C=O) groups is 1. The SMILES string of the molecule is C=CC(=O)Nc1cc(Nc2ncnc(Nc3ccc4c(c3P(C)(C)=O)OCCO4)n2)c(OC)cc1N1CCC(N2CC(CC#N)C2)CC1. The fraction of sp³-hybridized carbons (Fsp3) is 0.424. The molecule has 2 saturated heterocycles. The minimum atomic E-state index is -2.81. The molecule has 2 aromatic carbocycles. The Morgan fingerprint density at radius 1 is 1.10 bits per heavy atom. The zero-order valence-electron chi connectivity index (χ0n) is 27.4. The quantitative estimate of drug-likeness (QED) is 0.195. The van der Waals surface area contributed by atoms with Crippen LogP contribution in [-0.2, 0) is 9.36 Å². The van der Waals surface area contributed by atoms with Crippen molar-refractivity contribution in [2.24, 2.45) is 5.92 Å². The number of anilines is 6. The zero-order valence-corrected chi connectivity index (χ0v) is 28.3. The number of hydrogen-bond acceptors (Lipinski definition) is 13. The van der Waals surface area contributed by atoms with Crippen LogP contribution >= 0.6 is 7.14 Å². The highest BCUT2D eigenvalue weighted by atomic mass is 31.2. The van der Waals surface area contributed by atoms with Crippen molar-refractivity contribution < 1.29 is 23.6 Å². The van der Waals surface area contributed by atoms with Gasteiger partial charge in [0.15, 0.2) is 11.5 Å². The smallest absolute Gasteiger partial charge is 0.247 e. The lowest BCUT2D eigenvalue weighted by atomic mass is 9.91. The number of fused-ring (bicyclic) bond motifs is 1. The molecule has 2 fully saturated rings. The molecule has 48 heavy (non-hydrogen) atoms. The summed E-state index contributed by atoms with van der Waals surface area (Å²) in [6.45, 7) is 11.3. The Labute approximate surface area is 279 Å². The molecule has 14 nitrogen and oxygen atoms in total. The van der Waals surface area contributed by atoms with Crippen LogP contribution in [0, 0.1) is 17.2 Å². The molecule has 252 valence electrons. The van der Waals surface area contributed by atoms with Gasteiger partial charge in [0.2, 0.25) is 17.8 Å². The molecule has 0 bridgehead atoms. The zero-order chi connectivity index (χ0) is 33.8. The standard InChI is InChI=1S/C33H40N9O5P/c1-5-29(43)37-24-16-25(28(45-2)17-26(24)41-12-9-22(10-13-41)42-18-21(19-42)8-11-34)39-33-36-20-35-32(40-33)38-23-6-7-27-30(47-15-14-46-27)31(23)48(3,4)44/h5-7,16-17,20-22H,1,8-10,12-15,18-19H2,2-4H3,(H,37,43)(H2,35,36,38,39,40). The number of aromatic nitrogens is 3. The summed E-state index contributed by atoms with van der Waals surface area (Å²) in [5.74, 6) is 2.12. The summed E-state index contributed by atoms with van der Waals surface area (Å²) in [7, 11) is -1.23. The summed E-state index contributed by atoms with van der Waals surface area (Å²) in [5, 5.41) is 18.8. The largest absolute Gasteiger partial charge is 0.494 e. The number of benzene rings is 2. The number of nitrogens with zero attached hydrogens (tertiary/aromatic N) is 6. The van der Waals surface area contributed by atoms with Gasteiger partial charge in [-0.25, -0.2) is 9.97 Å². The summed E-state index contributed by atoms with van der Waals surface area (Å²) >= 11 is 0. The normalized spacial score (nSPS) is 16.8. The van der Waals surface area contributed by atoms with Crippen molar-refractivity contribution >= 4 is 53.0 Å². The Balaban J connectivity index is 1.23. The van der Waals surface area contributed by atoms with E-state index in [-0.39, 0.29) is 17.8 Å². The van der Waals surface area contributed by atoms with Gasteiger partial charge in [-0.05, 0) is 56.4 Å². The van der Waals surface area contributed by atoms with Crippen LogP contribution in [0.2, 0.25) is 0 Å². The van der Waals surface area contributed by atoms with E-state index in [1.807, 2.05) is 6.07 Å². The first kappa shape index (κ1) is 33.1. The molecule has 15 heteroatoms. The van der Waals surface area contributed by atoms with Crippen molar-refractivity contribution in [3.05, 3.63) is 43.2 Å². The van der Waals surface area contributed by atoms with Crippen LogP contribution in [0.5, 0.6) is 17.2 Å². The molecule has 0 atom stereocenters. The average Bonchev–Trinajstić information content (AvgIpc) is 3.06. The number of ether oxygens (including phenoxy) is 3. The minimum absolute atomic E-state index is 0.221. The number of methoxy groups -OCH3 is 1. The van der Waals surface area contributed by atoms with Gasteiger partial charge in [0, 0.05) is 44.7 Å². The topological polar surface area (TPSA) is 167 Å². The highest BCUT2D eigenvalue weighted by molar-refractivity contribution is 7.70. The molecule has 0 spiro atoms. The number of carbonyl (C=O) groups excluding carboxylic acids is 1. The van der Waals surface area contributed by atoms with Crippen LogP contribution in [0.1, 0.15) is 19.3 Å². The van der Waals surface area contributed by atoms with Crippen molar-refractivity contribution in [2.75, 3.05) is 80.7 Å². The molecular weight excluding hydrogens is 633 g/mol. The first-order valence-electron chi connectivity index (χ1n) is 15.9. The van der Waals surface area contributed by atoms with Gasteiger partial charge in [0.25, 0.3) is 0 Å². The Hall–Kier alpha value is -4.86. The van der Waals surface area contributed by atoms with Gasteiger partial charge >= 0.3 is 0 Å². The molecule has 0 saturated carbocycles. The van der Waals surface area contributed by atoms with E-state index in [0.29, 0.717) is 71.2 Å². The highest BCUT2D eigenvalue weighted by Crippen LogP contribution is 2.46. The molecule has 6 rings (SSSR count). The Bertz CT molecular complexity index is 1780. The van der Waals surface area contributed by atoms with E-state index in [1.165, 1.54) is 12.4 Å². The highest BCUT2D eigenvalue weighted by Gasteiger charge is 2.34. The predicted octanol–water partition coefficient (Wildman–Crippen LogP) is 4.33. The third kappa shape index (κ3) is 7.17. The third-order valence-electron chi connectivity index (χ3n) is 8.73. The second-order valence-electron chi connectivity index (χ2n) is 12.4. The number of hydrogen-bond donors (Lipinski definition) is 3. The van der Waals surface area contributed by atoms with E-state index in [0.717, 1.165) is 44.7 Å². The van der Waals surface area contributed by atoms with E-state index in [4.69, 9.17) is 19.5 Å². The lowest BCUT2D eigenvalue weighted by molar-refractivity contribution is -0.111. The van der Waals surface area contributed by atoms with E-state index >= 15 is 0 Å². The minimum Gasteiger partial charge on any atom is -0.494 e. The van der Waals surface area contributed by atoms with E-state index in [9.17, 15) is 9.36 Å². The number of piperidine rings is 1. The van der Waals surface area contributed by atoms with Crippen LogP contribution in [0.4, 0.5) is 34.6 Å². The first-order chi connectivity index (χ1) is 23.2. The Kier molecular flexibility index (Phi) is 9.71. The van der Waals surface area contributed by atoms with Crippen LogP contribution in [0.15, 0.2) is 43.2 Å². The van der Waals surface area contributed by atoms with E-state index in [2.05, 4.69) is 53.4 Å². The van der Waals surface area contributed by atoms with E-state index in [1.54, 1.807) is 38.6 Å². The van der Waals surface area contributed by atoms with Gasteiger partial charge in [-0.15, -0.1) is 0 Å². The van der Waals surface area contributed by atoms with E-state index < -0.39 is 7.14 Å². The molecule has 0 aliphatic carbocycles. The van der Waals surface area contributed by atoms with Crippen LogP contribution in [-0.4, -0.2) is 91.6 Å². The summed E-state index contributed by atoms with van der Waals surface area (Å²) in [6, 6.07) is 10.00. The summed E-state index contributed by atoms with van der Waals surface area (Å²) < 4.78 is 30.7. The van der Waals surface area contributed by atoms with Crippen molar-refractivity contribution in [1.82, 2.24) is 19.9 Å². The summed E-state index contributed by atoms with van der Waals surface area (Å²) in [4.78, 5) is 30.4. The first-order valence-corrected chi connectivity index (χ1v) is 18.5. The fourth-order valence-corrected chi connectivity index (χ4v) is 7.79. The molecule has 3 aromatic rings. The summed E-state index contributed by atoms with van der Waals surface area (Å²) in [6.07, 6.45) is 5.17. The molecule has 3 aliphatic heterocycles. The second-order valence-corrected chi connectivity index (χ2v) is 15.5. The predicted molar refractivity (Wildman–Crippen MR) is 185 cm³/mol. The maximum absolute atomic E-state index is 13.3. The monoisotopic (exact) mass is 673 g/mol. The van der Waals surface area contributed by atoms with Crippen molar-refractivity contribution in [3.8, 4) is 23.3 Å². The van der Waals surface area contributed by atoms with Crippen molar-refractivity contribution in [1.29, 1.82) is 5.26 Å². The number of nitrogens with one attached hydrogen (secondary N) is 3. The maximum Gasteiger partial charge on any atom is 0.247 e. The lowest BCUT2D eigenvalue weighted by Crippen LogP contribution is -2.55. The van der Waals surface area contributed by atoms with Crippen LogP contribution in [0.25, 0.3) is 0 Å². The number of rotatable bonds is 11. The van der Waals surface area contributed by atoms with Gasteiger partial charge in [-0.1, -0.05) is 6.58 Å². The van der Waals surface area contributed by atoms with Crippen molar-refractivity contribution in [3.63, 3.8) is 0 Å². The van der Waals surface area contributed by atoms with Gasteiger partial charge < -0.3 is 39.6 Å². The molecule has 0 unspecified atom stereocenters. The number of likely N-dealkylation sites (tertiary alicyclic amines) is 1. The molecule has 4 heterocycles. The molecular formula is C33H40N9O5P. The number of nitriles is 1. The lowest BCUT2D eigenvalue weighted by Gasteiger charge is -2.47. The molecule has 3 N–H and O–H groups in total. The Morgan fingerprint density at radius 3 is 2.48 bits per heavy atom. The maximum atomic E-state index is 13.3. The average molecular weight is 674 g/mol.